The first kappa shape index (κ1) is 11.5. The van der Waals surface area contributed by atoms with Crippen molar-refractivity contribution < 1.29 is 4.79 Å². The Morgan fingerprint density at radius 1 is 1.50 bits per heavy atom. The molecule has 0 bridgehead atoms. The molecule has 1 heterocycles. The second-order valence-electron chi connectivity index (χ2n) is 3.78. The average Bonchev–Trinajstić information content (AvgIpc) is 2.26. The molecule has 0 spiro atoms. The van der Waals surface area contributed by atoms with Crippen LogP contribution in [-0.4, -0.2) is 50.1 Å². The molecule has 0 aromatic heterocycles. The Bertz CT molecular complexity index is 178. The fraction of sp³-hybridized carbons (Fsp3) is 0.900. The Labute approximate surface area is 86.0 Å². The lowest BCUT2D eigenvalue weighted by Gasteiger charge is -2.29. The van der Waals surface area contributed by atoms with E-state index in [1.54, 1.807) is 0 Å². The van der Waals surface area contributed by atoms with E-state index in [4.69, 9.17) is 0 Å². The van der Waals surface area contributed by atoms with Crippen molar-refractivity contribution in [2.24, 2.45) is 5.92 Å². The molecule has 1 rings (SSSR count). The molecule has 0 aromatic carbocycles. The maximum absolute atomic E-state index is 11.9. The monoisotopic (exact) mass is 199 g/mol. The summed E-state index contributed by atoms with van der Waals surface area (Å²) in [6, 6.07) is 0. The van der Waals surface area contributed by atoms with Crippen LogP contribution in [0.15, 0.2) is 0 Å². The van der Waals surface area contributed by atoms with E-state index in [1.807, 2.05) is 11.8 Å². The maximum Gasteiger partial charge on any atom is 0.226 e. The fourth-order valence-electron chi connectivity index (χ4n) is 1.65. The standard InChI is InChI=1S/C10H21N3O/c1-3-11-8-9(2)10(14)13-6-4-12-5-7-13/h9,11-12H,3-8H2,1-2H3. The molecule has 1 amide bonds. The van der Waals surface area contributed by atoms with Crippen molar-refractivity contribution in [1.82, 2.24) is 15.5 Å². The van der Waals surface area contributed by atoms with Crippen LogP contribution in [0.3, 0.4) is 0 Å². The van der Waals surface area contributed by atoms with Crippen molar-refractivity contribution >= 4 is 5.91 Å². The number of carbonyl (C=O) groups excluding carboxylic acids is 1. The lowest BCUT2D eigenvalue weighted by Crippen LogP contribution is -2.49. The minimum Gasteiger partial charge on any atom is -0.340 e. The van der Waals surface area contributed by atoms with E-state index in [0.29, 0.717) is 0 Å². The van der Waals surface area contributed by atoms with Crippen LogP contribution in [-0.2, 0) is 4.79 Å². The quantitative estimate of drug-likeness (QED) is 0.651. The topological polar surface area (TPSA) is 44.4 Å². The third-order valence-corrected chi connectivity index (χ3v) is 2.55. The highest BCUT2D eigenvalue weighted by Gasteiger charge is 2.21. The lowest BCUT2D eigenvalue weighted by atomic mass is 10.1. The van der Waals surface area contributed by atoms with Crippen molar-refractivity contribution in [3.8, 4) is 0 Å². The Morgan fingerprint density at radius 3 is 2.71 bits per heavy atom. The second kappa shape index (κ2) is 5.98. The normalized spacial score (nSPS) is 19.4. The lowest BCUT2D eigenvalue weighted by molar-refractivity contribution is -0.135. The summed E-state index contributed by atoms with van der Waals surface area (Å²) in [6.45, 7) is 9.34. The van der Waals surface area contributed by atoms with Crippen LogP contribution >= 0.6 is 0 Å². The molecule has 1 saturated heterocycles. The molecule has 14 heavy (non-hydrogen) atoms. The Kier molecular flexibility index (Phi) is 4.90. The van der Waals surface area contributed by atoms with Crippen LogP contribution < -0.4 is 10.6 Å². The van der Waals surface area contributed by atoms with Gasteiger partial charge in [0.2, 0.25) is 5.91 Å². The Morgan fingerprint density at radius 2 is 2.14 bits per heavy atom. The number of piperazine rings is 1. The molecule has 0 aromatic rings. The summed E-state index contributed by atoms with van der Waals surface area (Å²) in [5.41, 5.74) is 0. The van der Waals surface area contributed by atoms with Crippen LogP contribution in [0.1, 0.15) is 13.8 Å². The largest absolute Gasteiger partial charge is 0.340 e. The van der Waals surface area contributed by atoms with Crippen LogP contribution in [0.4, 0.5) is 0 Å². The Hall–Kier alpha value is -0.610. The highest BCUT2D eigenvalue weighted by atomic mass is 16.2. The molecule has 4 heteroatoms. The summed E-state index contributed by atoms with van der Waals surface area (Å²) in [6.07, 6.45) is 0. The summed E-state index contributed by atoms with van der Waals surface area (Å²) < 4.78 is 0. The van der Waals surface area contributed by atoms with Crippen molar-refractivity contribution in [1.29, 1.82) is 0 Å². The van der Waals surface area contributed by atoms with Crippen molar-refractivity contribution in [2.75, 3.05) is 39.3 Å². The third kappa shape index (κ3) is 3.27. The molecule has 1 fully saturated rings. The zero-order valence-electron chi connectivity index (χ0n) is 9.18. The van der Waals surface area contributed by atoms with E-state index < -0.39 is 0 Å². The highest BCUT2D eigenvalue weighted by molar-refractivity contribution is 5.78. The van der Waals surface area contributed by atoms with Crippen LogP contribution in [0, 0.1) is 5.92 Å². The summed E-state index contributed by atoms with van der Waals surface area (Å²) in [5, 5.41) is 6.45. The van der Waals surface area contributed by atoms with Gasteiger partial charge < -0.3 is 15.5 Å². The molecule has 1 atom stereocenters. The predicted molar refractivity (Wildman–Crippen MR) is 57.2 cm³/mol. The number of carbonyl (C=O) groups is 1. The van der Waals surface area contributed by atoms with Crippen molar-refractivity contribution in [3.63, 3.8) is 0 Å². The first-order chi connectivity index (χ1) is 6.75. The molecule has 1 aliphatic heterocycles. The molecule has 0 saturated carbocycles. The molecular weight excluding hydrogens is 178 g/mol. The van der Waals surface area contributed by atoms with Gasteiger partial charge in [0.1, 0.15) is 0 Å². The molecule has 1 aliphatic rings. The first-order valence-corrected chi connectivity index (χ1v) is 5.46. The molecule has 4 nitrogen and oxygen atoms in total. The number of rotatable bonds is 4. The van der Waals surface area contributed by atoms with Gasteiger partial charge in [-0.15, -0.1) is 0 Å². The molecule has 1 unspecified atom stereocenters. The number of hydrogen-bond acceptors (Lipinski definition) is 3. The van der Waals surface area contributed by atoms with Gasteiger partial charge in [0, 0.05) is 38.6 Å². The number of nitrogens with zero attached hydrogens (tertiary/aromatic N) is 1. The number of amides is 1. The van der Waals surface area contributed by atoms with Gasteiger partial charge in [0.25, 0.3) is 0 Å². The minimum atomic E-state index is 0.105. The van der Waals surface area contributed by atoms with Gasteiger partial charge in [-0.05, 0) is 6.54 Å². The average molecular weight is 199 g/mol. The molecule has 0 aliphatic carbocycles. The molecule has 0 radical (unpaired) electrons. The van der Waals surface area contributed by atoms with Gasteiger partial charge in [-0.25, -0.2) is 0 Å². The predicted octanol–water partition coefficient (Wildman–Crippen LogP) is -0.336. The maximum atomic E-state index is 11.9. The Balaban J connectivity index is 2.30. The van der Waals surface area contributed by atoms with E-state index >= 15 is 0 Å². The van der Waals surface area contributed by atoms with Crippen LogP contribution in [0.2, 0.25) is 0 Å². The van der Waals surface area contributed by atoms with Gasteiger partial charge in [-0.3, -0.25) is 4.79 Å². The summed E-state index contributed by atoms with van der Waals surface area (Å²) in [7, 11) is 0. The van der Waals surface area contributed by atoms with Gasteiger partial charge >= 0.3 is 0 Å². The molecular formula is C10H21N3O. The SMILES string of the molecule is CCNCC(C)C(=O)N1CCNCC1. The third-order valence-electron chi connectivity index (χ3n) is 2.55. The van der Waals surface area contributed by atoms with Crippen LogP contribution in [0.25, 0.3) is 0 Å². The summed E-state index contributed by atoms with van der Waals surface area (Å²) in [4.78, 5) is 13.8. The van der Waals surface area contributed by atoms with Crippen molar-refractivity contribution in [3.05, 3.63) is 0 Å². The van der Waals surface area contributed by atoms with E-state index in [2.05, 4.69) is 17.6 Å². The van der Waals surface area contributed by atoms with E-state index in [0.717, 1.165) is 39.3 Å². The molecule has 2 N–H and O–H groups in total. The number of hydrogen-bond donors (Lipinski definition) is 2. The van der Waals surface area contributed by atoms with E-state index in [-0.39, 0.29) is 11.8 Å². The zero-order valence-corrected chi connectivity index (χ0v) is 9.18. The highest BCUT2D eigenvalue weighted by Crippen LogP contribution is 2.02. The van der Waals surface area contributed by atoms with Gasteiger partial charge in [-0.1, -0.05) is 13.8 Å². The molecule has 82 valence electrons. The number of nitrogens with one attached hydrogen (secondary N) is 2. The first-order valence-electron chi connectivity index (χ1n) is 5.46. The van der Waals surface area contributed by atoms with Crippen molar-refractivity contribution in [2.45, 2.75) is 13.8 Å². The van der Waals surface area contributed by atoms with Gasteiger partial charge in [0.05, 0.1) is 0 Å². The smallest absolute Gasteiger partial charge is 0.226 e. The summed E-state index contributed by atoms with van der Waals surface area (Å²) >= 11 is 0. The van der Waals surface area contributed by atoms with Gasteiger partial charge in [-0.2, -0.15) is 0 Å². The van der Waals surface area contributed by atoms with E-state index in [9.17, 15) is 4.79 Å². The van der Waals surface area contributed by atoms with Gasteiger partial charge in [0.15, 0.2) is 0 Å². The summed E-state index contributed by atoms with van der Waals surface area (Å²) in [5.74, 6) is 0.389. The minimum absolute atomic E-state index is 0.105. The van der Waals surface area contributed by atoms with Crippen LogP contribution in [0.5, 0.6) is 0 Å². The zero-order chi connectivity index (χ0) is 10.4. The fourth-order valence-corrected chi connectivity index (χ4v) is 1.65. The van der Waals surface area contributed by atoms with E-state index in [1.165, 1.54) is 0 Å². The second-order valence-corrected chi connectivity index (χ2v) is 3.78.